The van der Waals surface area contributed by atoms with E-state index in [9.17, 15) is 9.90 Å². The van der Waals surface area contributed by atoms with Gasteiger partial charge in [0.15, 0.2) is 5.78 Å². The maximum atomic E-state index is 11.8. The van der Waals surface area contributed by atoms with Crippen LogP contribution < -0.4 is 0 Å². The molecule has 1 rings (SSSR count). The topological polar surface area (TPSA) is 46.5 Å². The first kappa shape index (κ1) is 16.9. The van der Waals surface area contributed by atoms with Crippen molar-refractivity contribution in [1.29, 1.82) is 0 Å². The van der Waals surface area contributed by atoms with E-state index in [4.69, 9.17) is 4.74 Å². The van der Waals surface area contributed by atoms with Gasteiger partial charge in [0.2, 0.25) is 0 Å². The lowest BCUT2D eigenvalue weighted by atomic mass is 9.94. The van der Waals surface area contributed by atoms with E-state index in [1.54, 1.807) is 13.2 Å². The van der Waals surface area contributed by atoms with Crippen LogP contribution in [0.15, 0.2) is 36.0 Å². The summed E-state index contributed by atoms with van der Waals surface area (Å²) in [4.78, 5) is 11.8. The molecule has 3 atom stereocenters. The van der Waals surface area contributed by atoms with Crippen molar-refractivity contribution >= 4 is 5.78 Å². The number of carbonyl (C=O) groups excluding carboxylic acids is 1. The number of carbonyl (C=O) groups is 1. The number of aliphatic hydroxyl groups is 1. The SMILES string of the molecule is CC/C=C\C[C@H](O)C/C=C1/C(=O)C=C[C@@H]1CC(C)OC. The van der Waals surface area contributed by atoms with E-state index < -0.39 is 6.10 Å². The summed E-state index contributed by atoms with van der Waals surface area (Å²) >= 11 is 0. The summed E-state index contributed by atoms with van der Waals surface area (Å²) in [6.45, 7) is 4.06. The largest absolute Gasteiger partial charge is 0.392 e. The van der Waals surface area contributed by atoms with Gasteiger partial charge in [0.05, 0.1) is 12.2 Å². The van der Waals surface area contributed by atoms with E-state index >= 15 is 0 Å². The Bertz CT molecular complexity index is 393. The van der Waals surface area contributed by atoms with E-state index in [1.807, 2.05) is 31.2 Å². The Morgan fingerprint density at radius 1 is 1.40 bits per heavy atom. The zero-order valence-corrected chi connectivity index (χ0v) is 12.7. The third-order valence-corrected chi connectivity index (χ3v) is 3.57. The fourth-order valence-corrected chi connectivity index (χ4v) is 2.28. The molecule has 1 unspecified atom stereocenters. The van der Waals surface area contributed by atoms with Crippen molar-refractivity contribution in [3.63, 3.8) is 0 Å². The maximum Gasteiger partial charge on any atom is 0.181 e. The molecule has 0 aromatic heterocycles. The van der Waals surface area contributed by atoms with Gasteiger partial charge in [0.25, 0.3) is 0 Å². The van der Waals surface area contributed by atoms with Gasteiger partial charge in [-0.1, -0.05) is 31.2 Å². The van der Waals surface area contributed by atoms with Gasteiger partial charge in [-0.25, -0.2) is 0 Å². The van der Waals surface area contributed by atoms with E-state index in [1.165, 1.54) is 0 Å². The Hall–Kier alpha value is -1.19. The molecular weight excluding hydrogens is 252 g/mol. The van der Waals surface area contributed by atoms with Crippen molar-refractivity contribution in [2.45, 2.75) is 51.7 Å². The Balaban J connectivity index is 2.55. The molecular formula is C17H26O3. The molecule has 0 fully saturated rings. The van der Waals surface area contributed by atoms with Crippen LogP contribution in [-0.4, -0.2) is 30.2 Å². The number of methoxy groups -OCH3 is 1. The molecule has 1 N–H and O–H groups in total. The Morgan fingerprint density at radius 2 is 2.15 bits per heavy atom. The van der Waals surface area contributed by atoms with Crippen molar-refractivity contribution in [3.8, 4) is 0 Å². The van der Waals surface area contributed by atoms with Crippen LogP contribution in [0.3, 0.4) is 0 Å². The van der Waals surface area contributed by atoms with Crippen LogP contribution in [0.4, 0.5) is 0 Å². The number of hydrogen-bond donors (Lipinski definition) is 1. The number of ether oxygens (including phenoxy) is 1. The molecule has 0 saturated carbocycles. The average Bonchev–Trinajstić information content (AvgIpc) is 2.77. The Kier molecular flexibility index (Phi) is 7.48. The quantitative estimate of drug-likeness (QED) is 0.548. The van der Waals surface area contributed by atoms with Gasteiger partial charge in [-0.05, 0) is 38.7 Å². The Labute approximate surface area is 122 Å². The van der Waals surface area contributed by atoms with E-state index in [0.29, 0.717) is 12.8 Å². The van der Waals surface area contributed by atoms with Gasteiger partial charge in [0, 0.05) is 18.6 Å². The van der Waals surface area contributed by atoms with Crippen LogP contribution >= 0.6 is 0 Å². The number of hydrogen-bond acceptors (Lipinski definition) is 3. The lowest BCUT2D eigenvalue weighted by Crippen LogP contribution is -2.14. The fraction of sp³-hybridized carbons (Fsp3) is 0.588. The summed E-state index contributed by atoms with van der Waals surface area (Å²) in [7, 11) is 1.68. The molecule has 0 amide bonds. The number of rotatable bonds is 8. The second kappa shape index (κ2) is 8.88. The maximum absolute atomic E-state index is 11.8. The molecule has 0 bridgehead atoms. The highest BCUT2D eigenvalue weighted by Crippen LogP contribution is 2.27. The third-order valence-electron chi connectivity index (χ3n) is 3.57. The lowest BCUT2D eigenvalue weighted by molar-refractivity contribution is -0.111. The predicted molar refractivity (Wildman–Crippen MR) is 81.5 cm³/mol. The van der Waals surface area contributed by atoms with E-state index in [0.717, 1.165) is 18.4 Å². The van der Waals surface area contributed by atoms with Crippen molar-refractivity contribution in [3.05, 3.63) is 36.0 Å². The minimum atomic E-state index is -0.417. The molecule has 0 saturated heterocycles. The van der Waals surface area contributed by atoms with Gasteiger partial charge in [-0.2, -0.15) is 0 Å². The van der Waals surface area contributed by atoms with Crippen molar-refractivity contribution in [2.75, 3.05) is 7.11 Å². The molecule has 3 heteroatoms. The highest BCUT2D eigenvalue weighted by Gasteiger charge is 2.24. The summed E-state index contributed by atoms with van der Waals surface area (Å²) in [6.07, 6.45) is 12.1. The lowest BCUT2D eigenvalue weighted by Gasteiger charge is -2.15. The zero-order chi connectivity index (χ0) is 15.0. The molecule has 3 nitrogen and oxygen atoms in total. The molecule has 20 heavy (non-hydrogen) atoms. The number of aliphatic hydroxyl groups excluding tert-OH is 1. The van der Waals surface area contributed by atoms with Crippen LogP contribution in [0.5, 0.6) is 0 Å². The summed E-state index contributed by atoms with van der Waals surface area (Å²) in [5.41, 5.74) is 0.799. The first-order valence-electron chi connectivity index (χ1n) is 7.36. The van der Waals surface area contributed by atoms with Crippen LogP contribution in [-0.2, 0) is 9.53 Å². The number of ketones is 1. The fourth-order valence-electron chi connectivity index (χ4n) is 2.28. The molecule has 0 aromatic carbocycles. The molecule has 0 heterocycles. The molecule has 0 aromatic rings. The second-order valence-corrected chi connectivity index (χ2v) is 5.28. The van der Waals surface area contributed by atoms with Gasteiger partial charge in [-0.15, -0.1) is 0 Å². The van der Waals surface area contributed by atoms with Crippen molar-refractivity contribution in [1.82, 2.24) is 0 Å². The van der Waals surface area contributed by atoms with Crippen LogP contribution in [0, 0.1) is 5.92 Å². The summed E-state index contributed by atoms with van der Waals surface area (Å²) in [5.74, 6) is 0.186. The van der Waals surface area contributed by atoms with Gasteiger partial charge >= 0.3 is 0 Å². The first-order valence-corrected chi connectivity index (χ1v) is 7.36. The molecule has 0 radical (unpaired) electrons. The second-order valence-electron chi connectivity index (χ2n) is 5.28. The van der Waals surface area contributed by atoms with E-state index in [-0.39, 0.29) is 17.8 Å². The predicted octanol–water partition coefficient (Wildman–Crippen LogP) is 3.20. The van der Waals surface area contributed by atoms with Crippen LogP contribution in [0.25, 0.3) is 0 Å². The average molecular weight is 278 g/mol. The van der Waals surface area contributed by atoms with E-state index in [2.05, 4.69) is 6.92 Å². The minimum absolute atomic E-state index is 0.0644. The molecule has 1 aliphatic rings. The highest BCUT2D eigenvalue weighted by atomic mass is 16.5. The highest BCUT2D eigenvalue weighted by molar-refractivity contribution is 6.07. The van der Waals surface area contributed by atoms with Crippen molar-refractivity contribution < 1.29 is 14.6 Å². The zero-order valence-electron chi connectivity index (χ0n) is 12.7. The standard InChI is InChI=1S/C17H26O3/c1-4-5-6-7-15(18)9-10-16-14(8-11-17(16)19)12-13(2)20-3/h5-6,8,10-11,13-15,18H,4,7,9,12H2,1-3H3/b6-5-,16-10+/t13?,14-,15+/m1/s1. The summed E-state index contributed by atoms with van der Waals surface area (Å²) in [5, 5.41) is 9.88. The van der Waals surface area contributed by atoms with Gasteiger partial charge in [-0.3, -0.25) is 4.79 Å². The van der Waals surface area contributed by atoms with Gasteiger partial charge in [0.1, 0.15) is 0 Å². The third kappa shape index (κ3) is 5.43. The monoisotopic (exact) mass is 278 g/mol. The molecule has 0 spiro atoms. The van der Waals surface area contributed by atoms with Crippen LogP contribution in [0.1, 0.15) is 39.5 Å². The van der Waals surface area contributed by atoms with Crippen molar-refractivity contribution in [2.24, 2.45) is 5.92 Å². The molecule has 112 valence electrons. The minimum Gasteiger partial charge on any atom is -0.392 e. The normalized spacial score (nSPS) is 23.9. The molecule has 1 aliphatic carbocycles. The van der Waals surface area contributed by atoms with Gasteiger partial charge < -0.3 is 9.84 Å². The number of allylic oxidation sites excluding steroid dienone is 4. The smallest absolute Gasteiger partial charge is 0.181 e. The summed E-state index contributed by atoms with van der Waals surface area (Å²) in [6, 6.07) is 0. The molecule has 0 aliphatic heterocycles. The first-order chi connectivity index (χ1) is 9.58. The van der Waals surface area contributed by atoms with Crippen LogP contribution in [0.2, 0.25) is 0 Å². The summed E-state index contributed by atoms with van der Waals surface area (Å²) < 4.78 is 5.26. The Morgan fingerprint density at radius 3 is 2.80 bits per heavy atom.